The number of allylic oxidation sites excluding steroid dienone is 13. The fraction of sp³-hybridized carbons (Fsp3) is 0.121. The van der Waals surface area contributed by atoms with E-state index in [4.69, 9.17) is 21.4 Å². The van der Waals surface area contributed by atoms with Crippen LogP contribution in [0.5, 0.6) is 0 Å². The highest BCUT2D eigenvalue weighted by atomic mass is 15.1. The monoisotopic (exact) mass is 899 g/mol. The Labute approximate surface area is 401 Å². The van der Waals surface area contributed by atoms with Crippen molar-refractivity contribution in [2.45, 2.75) is 34.6 Å². The SMILES string of the molecule is C=C/C(=C\C(=C/C)c1cc(C(=C)c2nc3c(-c4ccccn4)cccc3[nH]2)c(N)cn1)N(C)C.C=C/C=C\C(=C/C)C(=C)/C=C(C(=C)c1nc2c(-c3ccccn3)cccc2[nH]1)\C(N)=C/C.CC. The number of H-pyrrole nitrogens is 2. The van der Waals surface area contributed by atoms with E-state index in [0.29, 0.717) is 34.2 Å². The van der Waals surface area contributed by atoms with Crippen LogP contribution < -0.4 is 11.5 Å². The summed E-state index contributed by atoms with van der Waals surface area (Å²) in [5.74, 6) is 1.30. The normalized spacial score (nSPS) is 12.2. The Morgan fingerprint density at radius 2 is 1.29 bits per heavy atom. The van der Waals surface area contributed by atoms with Crippen molar-refractivity contribution in [2.24, 2.45) is 5.73 Å². The number of imidazole rings is 2. The van der Waals surface area contributed by atoms with Crippen molar-refractivity contribution in [1.82, 2.24) is 39.8 Å². The van der Waals surface area contributed by atoms with E-state index >= 15 is 0 Å². The lowest BCUT2D eigenvalue weighted by molar-refractivity contribution is 0.530. The summed E-state index contributed by atoms with van der Waals surface area (Å²) in [4.78, 5) is 32.0. The third kappa shape index (κ3) is 11.8. The lowest BCUT2D eigenvalue weighted by Gasteiger charge is -2.15. The number of nitrogens with one attached hydrogen (secondary N) is 2. The first-order chi connectivity index (χ1) is 32.9. The smallest absolute Gasteiger partial charge is 0.138 e. The van der Waals surface area contributed by atoms with E-state index in [9.17, 15) is 0 Å². The van der Waals surface area contributed by atoms with Gasteiger partial charge in [-0.05, 0) is 98.2 Å². The van der Waals surface area contributed by atoms with Crippen LogP contribution in [0, 0.1) is 0 Å². The van der Waals surface area contributed by atoms with Gasteiger partial charge >= 0.3 is 0 Å². The first-order valence-electron chi connectivity index (χ1n) is 22.3. The number of aromatic amines is 2. The number of rotatable bonds is 15. The van der Waals surface area contributed by atoms with Gasteiger partial charge in [-0.2, -0.15) is 0 Å². The minimum Gasteiger partial charge on any atom is -0.398 e. The zero-order valence-electron chi connectivity index (χ0n) is 40.3. The molecule has 0 atom stereocenters. The largest absolute Gasteiger partial charge is 0.398 e. The number of hydrogen-bond acceptors (Lipinski definition) is 8. The molecule has 10 nitrogen and oxygen atoms in total. The topological polar surface area (TPSA) is 151 Å². The molecule has 7 rings (SSSR count). The van der Waals surface area contributed by atoms with Gasteiger partial charge in [0.05, 0.1) is 51.0 Å². The molecule has 0 amide bonds. The number of anilines is 1. The maximum Gasteiger partial charge on any atom is 0.138 e. The molecule has 5 aromatic heterocycles. The van der Waals surface area contributed by atoms with Gasteiger partial charge in [0.25, 0.3) is 0 Å². The van der Waals surface area contributed by atoms with Gasteiger partial charge in [-0.15, -0.1) is 0 Å². The van der Waals surface area contributed by atoms with Crippen molar-refractivity contribution in [2.75, 3.05) is 19.8 Å². The summed E-state index contributed by atoms with van der Waals surface area (Å²) in [7, 11) is 3.95. The maximum absolute atomic E-state index is 6.35. The minimum absolute atomic E-state index is 0.537. The molecular formula is C58H62N10. The van der Waals surface area contributed by atoms with E-state index in [2.05, 4.69) is 57.8 Å². The molecule has 0 aliphatic carbocycles. The molecule has 0 fully saturated rings. The van der Waals surface area contributed by atoms with Crippen LogP contribution in [0.2, 0.25) is 0 Å². The molecule has 10 heteroatoms. The van der Waals surface area contributed by atoms with Gasteiger partial charge in [-0.1, -0.05) is 120 Å². The predicted octanol–water partition coefficient (Wildman–Crippen LogP) is 13.4. The molecule has 0 spiro atoms. The fourth-order valence-corrected chi connectivity index (χ4v) is 7.10. The minimum atomic E-state index is 0.537. The quantitative estimate of drug-likeness (QED) is 0.0743. The second-order valence-electron chi connectivity index (χ2n) is 15.2. The van der Waals surface area contributed by atoms with E-state index < -0.39 is 0 Å². The van der Waals surface area contributed by atoms with Gasteiger partial charge < -0.3 is 26.3 Å². The Morgan fingerprint density at radius 1 is 0.706 bits per heavy atom. The number of pyridine rings is 3. The van der Waals surface area contributed by atoms with Crippen LogP contribution >= 0.6 is 0 Å². The molecule has 0 bridgehead atoms. The molecule has 344 valence electrons. The van der Waals surface area contributed by atoms with Crippen LogP contribution in [0.3, 0.4) is 0 Å². The van der Waals surface area contributed by atoms with Gasteiger partial charge in [0.15, 0.2) is 0 Å². The van der Waals surface area contributed by atoms with Crippen LogP contribution in [-0.2, 0) is 0 Å². The van der Waals surface area contributed by atoms with E-state index in [-0.39, 0.29) is 0 Å². The average Bonchev–Trinajstić information content (AvgIpc) is 4.03. The summed E-state index contributed by atoms with van der Waals surface area (Å²) in [6.45, 7) is 30.3. The van der Waals surface area contributed by atoms with E-state index in [0.717, 1.165) is 83.8 Å². The summed E-state index contributed by atoms with van der Waals surface area (Å²) < 4.78 is 0. The second-order valence-corrected chi connectivity index (χ2v) is 15.2. The Kier molecular flexibility index (Phi) is 17.8. The Hall–Kier alpha value is -8.63. The highest BCUT2D eigenvalue weighted by molar-refractivity contribution is 5.95. The van der Waals surface area contributed by atoms with E-state index in [1.54, 1.807) is 24.7 Å². The molecule has 5 heterocycles. The number of nitrogen functional groups attached to an aromatic ring is 1. The molecule has 7 aromatic rings. The molecule has 0 saturated heterocycles. The van der Waals surface area contributed by atoms with Crippen molar-refractivity contribution in [1.29, 1.82) is 0 Å². The lowest BCUT2D eigenvalue weighted by Crippen LogP contribution is -2.09. The maximum atomic E-state index is 6.35. The standard InChI is InChI=1S/C28H28N6.C28H28N4.C2H6/c1-6-19(15-20(7-2)34(4)5)26-16-22(23(29)17-31-26)18(3)28-32-25-13-10-11-21(27(25)33-28)24-12-8-9-14-30-24;1-6-9-13-21(7-2)19(4)18-23(24(29)8-3)20(5)28-31-26-16-12-14-22(27(26)32-28)25-15-10-11-17-30-25;1-2/h6-17H,2-3,29H2,1,4-5H3,(H,32,33);6-18H,1,4-5,29H2,2-3H3,(H,31,32);1-2H3/b19-6+,20-15+;13-9-,21-7+,23-18-,24-8+;. The van der Waals surface area contributed by atoms with Crippen LogP contribution in [0.15, 0.2) is 213 Å². The number of para-hydroxylation sites is 2. The summed E-state index contributed by atoms with van der Waals surface area (Å²) in [6.07, 6.45) is 22.4. The Morgan fingerprint density at radius 3 is 1.79 bits per heavy atom. The average molecular weight is 899 g/mol. The molecule has 2 aromatic carbocycles. The molecule has 68 heavy (non-hydrogen) atoms. The van der Waals surface area contributed by atoms with Gasteiger partial charge in [-0.25, -0.2) is 9.97 Å². The highest BCUT2D eigenvalue weighted by Gasteiger charge is 2.18. The molecule has 0 unspecified atom stereocenters. The van der Waals surface area contributed by atoms with Crippen molar-refractivity contribution < 1.29 is 0 Å². The number of nitrogens with zero attached hydrogens (tertiary/aromatic N) is 6. The zero-order chi connectivity index (χ0) is 49.3. The molecule has 0 saturated carbocycles. The van der Waals surface area contributed by atoms with Crippen molar-refractivity contribution in [3.63, 3.8) is 0 Å². The van der Waals surface area contributed by atoms with Crippen molar-refractivity contribution >= 4 is 44.5 Å². The summed E-state index contributed by atoms with van der Waals surface area (Å²) >= 11 is 0. The molecule has 0 aliphatic heterocycles. The van der Waals surface area contributed by atoms with Crippen LogP contribution in [0.4, 0.5) is 5.69 Å². The summed E-state index contributed by atoms with van der Waals surface area (Å²) in [5.41, 5.74) is 28.4. The predicted molar refractivity (Wildman–Crippen MR) is 290 cm³/mol. The van der Waals surface area contributed by atoms with Gasteiger partial charge in [0.2, 0.25) is 0 Å². The third-order valence-corrected chi connectivity index (χ3v) is 10.7. The number of aromatic nitrogens is 7. The molecule has 0 aliphatic rings. The summed E-state index contributed by atoms with van der Waals surface area (Å²) in [5, 5.41) is 0. The van der Waals surface area contributed by atoms with E-state index in [1.165, 1.54) is 0 Å². The number of benzene rings is 2. The van der Waals surface area contributed by atoms with Crippen LogP contribution in [0.25, 0.3) is 61.3 Å². The van der Waals surface area contributed by atoms with Gasteiger partial charge in [0.1, 0.15) is 11.6 Å². The third-order valence-electron chi connectivity index (χ3n) is 10.7. The Balaban J connectivity index is 0.000000246. The second kappa shape index (κ2) is 24.1. The zero-order valence-corrected chi connectivity index (χ0v) is 40.3. The number of nitrogens with two attached hydrogens (primary N) is 2. The van der Waals surface area contributed by atoms with E-state index in [1.807, 2.05) is 181 Å². The molecule has 6 N–H and O–H groups in total. The van der Waals surface area contributed by atoms with Crippen molar-refractivity contribution in [3.8, 4) is 22.5 Å². The first kappa shape index (κ1) is 50.4. The van der Waals surface area contributed by atoms with Gasteiger partial charge in [-0.3, -0.25) is 15.0 Å². The first-order valence-corrected chi connectivity index (χ1v) is 22.3. The number of hydrogen-bond donors (Lipinski definition) is 4. The fourth-order valence-electron chi connectivity index (χ4n) is 7.10. The molecular weight excluding hydrogens is 837 g/mol. The van der Waals surface area contributed by atoms with Crippen molar-refractivity contribution in [3.05, 3.63) is 236 Å². The van der Waals surface area contributed by atoms with Crippen LogP contribution in [0.1, 0.15) is 57.5 Å². The summed E-state index contributed by atoms with van der Waals surface area (Å²) in [6, 6.07) is 25.6. The van der Waals surface area contributed by atoms with Crippen LogP contribution in [-0.4, -0.2) is 53.9 Å². The Bertz CT molecular complexity index is 3130. The van der Waals surface area contributed by atoms with Gasteiger partial charge in [0, 0.05) is 71.3 Å². The number of fused-ring (bicyclic) bond motifs is 2. The molecule has 0 radical (unpaired) electrons. The lowest BCUT2D eigenvalue weighted by atomic mass is 9.97. The number of likely N-dealkylation sites (N-methyl/N-ethyl adjacent to an activating group) is 1. The highest BCUT2D eigenvalue weighted by Crippen LogP contribution is 2.33.